The Labute approximate surface area is 103 Å². The Morgan fingerprint density at radius 2 is 1.94 bits per heavy atom. The maximum atomic E-state index is 12.0. The fourth-order valence-electron chi connectivity index (χ4n) is 4.10. The van der Waals surface area contributed by atoms with Crippen LogP contribution in [0.4, 0.5) is 0 Å². The Hall–Kier alpha value is -0.610. The Bertz CT molecular complexity index is 314. The lowest BCUT2D eigenvalue weighted by Crippen LogP contribution is -2.63. The quantitative estimate of drug-likeness (QED) is 0.756. The number of rotatable bonds is 3. The van der Waals surface area contributed by atoms with Crippen LogP contribution < -0.4 is 11.1 Å². The van der Waals surface area contributed by atoms with Gasteiger partial charge in [-0.2, -0.15) is 0 Å². The second-order valence-electron chi connectivity index (χ2n) is 5.91. The number of carbonyl (C=O) groups is 1. The molecule has 3 aliphatic rings. The third-order valence-corrected chi connectivity index (χ3v) is 4.98. The second kappa shape index (κ2) is 4.25. The number of hydrogen-bond acceptors (Lipinski definition) is 3. The topological polar surface area (TPSA) is 58.4 Å². The molecule has 2 aliphatic heterocycles. The van der Waals surface area contributed by atoms with E-state index >= 15 is 0 Å². The summed E-state index contributed by atoms with van der Waals surface area (Å²) in [4.78, 5) is 14.4. The van der Waals surface area contributed by atoms with Crippen molar-refractivity contribution in [3.8, 4) is 0 Å². The van der Waals surface area contributed by atoms with Crippen molar-refractivity contribution in [3.63, 3.8) is 0 Å². The van der Waals surface area contributed by atoms with E-state index in [2.05, 4.69) is 10.2 Å². The first-order chi connectivity index (χ1) is 8.22. The van der Waals surface area contributed by atoms with Gasteiger partial charge >= 0.3 is 0 Å². The lowest BCUT2D eigenvalue weighted by Gasteiger charge is -2.36. The van der Waals surface area contributed by atoms with Crippen LogP contribution in [0.1, 0.15) is 44.9 Å². The van der Waals surface area contributed by atoms with Crippen molar-refractivity contribution in [2.75, 3.05) is 13.1 Å². The lowest BCUT2D eigenvalue weighted by atomic mass is 9.86. The highest BCUT2D eigenvalue weighted by molar-refractivity contribution is 5.86. The predicted octanol–water partition coefficient (Wildman–Crippen LogP) is 0.611. The van der Waals surface area contributed by atoms with Crippen molar-refractivity contribution in [2.24, 2.45) is 5.73 Å². The van der Waals surface area contributed by atoms with Gasteiger partial charge in [0.05, 0.1) is 0 Å². The van der Waals surface area contributed by atoms with Crippen LogP contribution in [-0.2, 0) is 4.79 Å². The molecule has 96 valence electrons. The molecule has 3 fully saturated rings. The average molecular weight is 237 g/mol. The number of amides is 1. The van der Waals surface area contributed by atoms with Crippen molar-refractivity contribution in [2.45, 2.75) is 62.6 Å². The van der Waals surface area contributed by atoms with Gasteiger partial charge in [-0.05, 0) is 38.6 Å². The van der Waals surface area contributed by atoms with Gasteiger partial charge in [-0.25, -0.2) is 0 Å². The van der Waals surface area contributed by atoms with E-state index < -0.39 is 5.54 Å². The molecule has 2 unspecified atom stereocenters. The Balaban J connectivity index is 1.80. The molecule has 2 saturated heterocycles. The van der Waals surface area contributed by atoms with Crippen LogP contribution in [0.25, 0.3) is 0 Å². The SMILES string of the molecule is NC(=O)C1(NC2CCCC2)CCN2CCCC21. The van der Waals surface area contributed by atoms with E-state index in [1.807, 2.05) is 0 Å². The molecule has 17 heavy (non-hydrogen) atoms. The van der Waals surface area contributed by atoms with Crippen LogP contribution in [0.15, 0.2) is 0 Å². The highest BCUT2D eigenvalue weighted by Crippen LogP contribution is 2.37. The molecular formula is C13H23N3O. The van der Waals surface area contributed by atoms with E-state index in [4.69, 9.17) is 5.73 Å². The van der Waals surface area contributed by atoms with E-state index in [1.165, 1.54) is 32.1 Å². The number of nitrogens with one attached hydrogen (secondary N) is 1. The molecular weight excluding hydrogens is 214 g/mol. The monoisotopic (exact) mass is 237 g/mol. The molecule has 0 bridgehead atoms. The largest absolute Gasteiger partial charge is 0.368 e. The number of hydrogen-bond donors (Lipinski definition) is 2. The Kier molecular flexibility index (Phi) is 2.87. The van der Waals surface area contributed by atoms with E-state index in [-0.39, 0.29) is 5.91 Å². The number of carbonyl (C=O) groups excluding carboxylic acids is 1. The summed E-state index contributed by atoms with van der Waals surface area (Å²) in [7, 11) is 0. The van der Waals surface area contributed by atoms with Crippen molar-refractivity contribution < 1.29 is 4.79 Å². The maximum absolute atomic E-state index is 12.0. The number of fused-ring (bicyclic) bond motifs is 1. The summed E-state index contributed by atoms with van der Waals surface area (Å²) >= 11 is 0. The molecule has 0 radical (unpaired) electrons. The average Bonchev–Trinajstić information content (AvgIpc) is 2.97. The van der Waals surface area contributed by atoms with E-state index in [0.717, 1.165) is 25.9 Å². The van der Waals surface area contributed by atoms with Gasteiger partial charge in [-0.1, -0.05) is 12.8 Å². The van der Waals surface area contributed by atoms with Crippen LogP contribution in [0.5, 0.6) is 0 Å². The van der Waals surface area contributed by atoms with Crippen molar-refractivity contribution in [3.05, 3.63) is 0 Å². The molecule has 2 atom stereocenters. The van der Waals surface area contributed by atoms with Crippen LogP contribution in [0, 0.1) is 0 Å². The first kappa shape index (κ1) is 11.5. The zero-order chi connectivity index (χ0) is 11.9. The predicted molar refractivity (Wildman–Crippen MR) is 66.5 cm³/mol. The first-order valence-corrected chi connectivity index (χ1v) is 7.04. The molecule has 0 aromatic rings. The van der Waals surface area contributed by atoms with Gasteiger partial charge in [0.25, 0.3) is 0 Å². The van der Waals surface area contributed by atoms with Crippen molar-refractivity contribution in [1.29, 1.82) is 0 Å². The molecule has 3 N–H and O–H groups in total. The lowest BCUT2D eigenvalue weighted by molar-refractivity contribution is -0.125. The molecule has 0 spiro atoms. The summed E-state index contributed by atoms with van der Waals surface area (Å²) < 4.78 is 0. The van der Waals surface area contributed by atoms with E-state index in [9.17, 15) is 4.79 Å². The molecule has 1 amide bonds. The first-order valence-electron chi connectivity index (χ1n) is 7.04. The van der Waals surface area contributed by atoms with Crippen LogP contribution >= 0.6 is 0 Å². The summed E-state index contributed by atoms with van der Waals surface area (Å²) in [5, 5.41) is 3.65. The highest BCUT2D eigenvalue weighted by atomic mass is 16.1. The molecule has 4 heteroatoms. The number of nitrogens with two attached hydrogens (primary N) is 1. The van der Waals surface area contributed by atoms with Crippen LogP contribution in [0.3, 0.4) is 0 Å². The zero-order valence-corrected chi connectivity index (χ0v) is 10.5. The molecule has 4 nitrogen and oxygen atoms in total. The fraction of sp³-hybridized carbons (Fsp3) is 0.923. The van der Waals surface area contributed by atoms with Crippen molar-refractivity contribution in [1.82, 2.24) is 10.2 Å². The third kappa shape index (κ3) is 1.78. The zero-order valence-electron chi connectivity index (χ0n) is 10.5. The van der Waals surface area contributed by atoms with Gasteiger partial charge in [0.2, 0.25) is 5.91 Å². The summed E-state index contributed by atoms with van der Waals surface area (Å²) in [5.74, 6) is -0.126. The minimum Gasteiger partial charge on any atom is -0.368 e. The second-order valence-corrected chi connectivity index (χ2v) is 5.91. The molecule has 0 aromatic heterocycles. The van der Waals surface area contributed by atoms with Gasteiger partial charge < -0.3 is 5.73 Å². The number of nitrogens with zero attached hydrogens (tertiary/aromatic N) is 1. The molecule has 1 saturated carbocycles. The van der Waals surface area contributed by atoms with Gasteiger partial charge in [0.15, 0.2) is 0 Å². The molecule has 1 aliphatic carbocycles. The Morgan fingerprint density at radius 3 is 2.65 bits per heavy atom. The third-order valence-electron chi connectivity index (χ3n) is 4.98. The standard InChI is InChI=1S/C13H23N3O/c14-12(17)13(15-10-4-1-2-5-10)7-9-16-8-3-6-11(13)16/h10-11,15H,1-9H2,(H2,14,17). The smallest absolute Gasteiger partial charge is 0.239 e. The summed E-state index contributed by atoms with van der Waals surface area (Å²) in [6, 6.07) is 0.878. The van der Waals surface area contributed by atoms with E-state index in [1.54, 1.807) is 0 Å². The van der Waals surface area contributed by atoms with Crippen LogP contribution in [-0.4, -0.2) is 41.5 Å². The van der Waals surface area contributed by atoms with E-state index in [0.29, 0.717) is 12.1 Å². The minimum atomic E-state index is -0.425. The summed E-state index contributed by atoms with van der Waals surface area (Å²) in [6.45, 7) is 2.18. The van der Waals surface area contributed by atoms with Gasteiger partial charge in [0.1, 0.15) is 5.54 Å². The summed E-state index contributed by atoms with van der Waals surface area (Å²) in [6.07, 6.45) is 8.25. The summed E-state index contributed by atoms with van der Waals surface area (Å²) in [5.41, 5.74) is 5.31. The highest BCUT2D eigenvalue weighted by Gasteiger charge is 2.53. The fourth-order valence-corrected chi connectivity index (χ4v) is 4.10. The normalized spacial score (nSPS) is 38.7. The van der Waals surface area contributed by atoms with Crippen LogP contribution in [0.2, 0.25) is 0 Å². The Morgan fingerprint density at radius 1 is 1.18 bits per heavy atom. The van der Waals surface area contributed by atoms with Gasteiger partial charge in [-0.15, -0.1) is 0 Å². The molecule has 3 rings (SSSR count). The van der Waals surface area contributed by atoms with Gasteiger partial charge in [-0.3, -0.25) is 15.0 Å². The minimum absolute atomic E-state index is 0.126. The molecule has 2 heterocycles. The number of primary amides is 1. The van der Waals surface area contributed by atoms with Gasteiger partial charge in [0, 0.05) is 18.6 Å². The maximum Gasteiger partial charge on any atom is 0.239 e. The van der Waals surface area contributed by atoms with Crippen molar-refractivity contribution >= 4 is 5.91 Å². The molecule has 0 aromatic carbocycles.